The van der Waals surface area contributed by atoms with Crippen molar-refractivity contribution in [3.63, 3.8) is 0 Å². The normalized spacial score (nSPS) is 49.1. The minimum Gasteiger partial charge on any atom is -0.374 e. The average Bonchev–Trinajstić information content (AvgIpc) is 2.07. The second-order valence-corrected chi connectivity index (χ2v) is 4.75. The first-order chi connectivity index (χ1) is 6.33. The molecule has 13 heavy (non-hydrogen) atoms. The van der Waals surface area contributed by atoms with Crippen LogP contribution in [0.2, 0.25) is 0 Å². The molecule has 0 aromatic rings. The van der Waals surface area contributed by atoms with Gasteiger partial charge in [-0.3, -0.25) is 4.79 Å². The maximum atomic E-state index is 11.6. The number of hydrogen-bond donors (Lipinski definition) is 0. The third-order valence-electron chi connectivity index (χ3n) is 4.28. The number of carbonyl (C=O) groups is 1. The summed E-state index contributed by atoms with van der Waals surface area (Å²) < 4.78 is 5.92. The summed E-state index contributed by atoms with van der Waals surface area (Å²) in [4.78, 5) is 11.6. The van der Waals surface area contributed by atoms with Crippen molar-refractivity contribution in [3.8, 4) is 0 Å². The summed E-state index contributed by atoms with van der Waals surface area (Å²) in [5.74, 6) is 1.48. The van der Waals surface area contributed by atoms with E-state index in [1.165, 1.54) is 19.3 Å². The molecule has 3 aliphatic rings. The molecule has 3 rings (SSSR count). The Bertz CT molecular complexity index is 244. The highest BCUT2D eigenvalue weighted by atomic mass is 16.5. The average molecular weight is 180 g/mol. The first-order valence-corrected chi connectivity index (χ1v) is 5.49. The topological polar surface area (TPSA) is 26.3 Å². The first kappa shape index (κ1) is 7.98. The van der Waals surface area contributed by atoms with E-state index in [2.05, 4.69) is 0 Å². The van der Waals surface area contributed by atoms with Crippen LogP contribution in [-0.2, 0) is 9.53 Å². The van der Waals surface area contributed by atoms with Gasteiger partial charge in [0, 0.05) is 12.3 Å². The maximum absolute atomic E-state index is 11.6. The Morgan fingerprint density at radius 1 is 1.38 bits per heavy atom. The zero-order valence-electron chi connectivity index (χ0n) is 7.92. The van der Waals surface area contributed by atoms with E-state index in [0.29, 0.717) is 18.8 Å². The second kappa shape index (κ2) is 2.57. The van der Waals surface area contributed by atoms with E-state index >= 15 is 0 Å². The standard InChI is InChI=1S/C11H16O2/c12-10-4-6-13-11-5-2-1-3-8(11)7-9(10)11/h8-9H,1-7H2/t8-,9+,11+/m0/s1. The van der Waals surface area contributed by atoms with Crippen molar-refractivity contribution < 1.29 is 9.53 Å². The van der Waals surface area contributed by atoms with Crippen molar-refractivity contribution in [2.75, 3.05) is 6.61 Å². The summed E-state index contributed by atoms with van der Waals surface area (Å²) in [6.45, 7) is 0.686. The van der Waals surface area contributed by atoms with Crippen LogP contribution >= 0.6 is 0 Å². The highest BCUT2D eigenvalue weighted by molar-refractivity contribution is 5.84. The van der Waals surface area contributed by atoms with Crippen LogP contribution in [0.25, 0.3) is 0 Å². The molecule has 0 radical (unpaired) electrons. The molecule has 1 spiro atoms. The number of Topliss-reactive ketones (excluding diaryl/α,β-unsaturated/α-hetero) is 1. The molecule has 72 valence electrons. The van der Waals surface area contributed by atoms with Gasteiger partial charge in [-0.15, -0.1) is 0 Å². The molecule has 0 aromatic carbocycles. The summed E-state index contributed by atoms with van der Waals surface area (Å²) in [6.07, 6.45) is 6.84. The summed E-state index contributed by atoms with van der Waals surface area (Å²) in [6, 6.07) is 0. The van der Waals surface area contributed by atoms with Crippen molar-refractivity contribution in [2.45, 2.75) is 44.1 Å². The fourth-order valence-electron chi connectivity index (χ4n) is 3.55. The highest BCUT2D eigenvalue weighted by Gasteiger charge is 2.60. The van der Waals surface area contributed by atoms with E-state index < -0.39 is 0 Å². The summed E-state index contributed by atoms with van der Waals surface area (Å²) in [5, 5.41) is 0. The Morgan fingerprint density at radius 3 is 3.15 bits per heavy atom. The van der Waals surface area contributed by atoms with E-state index in [1.807, 2.05) is 0 Å². The largest absolute Gasteiger partial charge is 0.374 e. The van der Waals surface area contributed by atoms with Crippen molar-refractivity contribution in [1.29, 1.82) is 0 Å². The molecule has 1 heterocycles. The number of ether oxygens (including phenoxy) is 1. The Labute approximate surface area is 78.6 Å². The lowest BCUT2D eigenvalue weighted by atomic mass is 9.52. The molecular formula is C11H16O2. The quantitative estimate of drug-likeness (QED) is 0.569. The van der Waals surface area contributed by atoms with Gasteiger partial charge in [-0.25, -0.2) is 0 Å². The predicted octanol–water partition coefficient (Wildman–Crippen LogP) is 1.92. The maximum Gasteiger partial charge on any atom is 0.141 e. The number of hydrogen-bond acceptors (Lipinski definition) is 2. The number of ketones is 1. The highest BCUT2D eigenvalue weighted by Crippen LogP contribution is 2.57. The molecule has 2 aliphatic carbocycles. The minimum absolute atomic E-state index is 0.0353. The zero-order chi connectivity index (χ0) is 8.89. The van der Waals surface area contributed by atoms with Gasteiger partial charge in [-0.05, 0) is 25.2 Å². The van der Waals surface area contributed by atoms with Gasteiger partial charge in [0.1, 0.15) is 5.78 Å². The molecular weight excluding hydrogens is 164 g/mol. The Kier molecular flexibility index (Phi) is 1.58. The second-order valence-electron chi connectivity index (χ2n) is 4.75. The van der Waals surface area contributed by atoms with Crippen LogP contribution in [0.1, 0.15) is 38.5 Å². The van der Waals surface area contributed by atoms with E-state index in [0.717, 1.165) is 18.8 Å². The van der Waals surface area contributed by atoms with E-state index in [1.54, 1.807) is 0 Å². The lowest BCUT2D eigenvalue weighted by Gasteiger charge is -2.59. The molecule has 3 fully saturated rings. The molecule has 0 amide bonds. The first-order valence-electron chi connectivity index (χ1n) is 5.49. The third-order valence-corrected chi connectivity index (χ3v) is 4.28. The Morgan fingerprint density at radius 2 is 2.31 bits per heavy atom. The van der Waals surface area contributed by atoms with E-state index in [9.17, 15) is 4.79 Å². The van der Waals surface area contributed by atoms with Gasteiger partial charge in [-0.1, -0.05) is 12.8 Å². The van der Waals surface area contributed by atoms with Crippen LogP contribution in [0.3, 0.4) is 0 Å². The fraction of sp³-hybridized carbons (Fsp3) is 0.909. The smallest absolute Gasteiger partial charge is 0.141 e. The lowest BCUT2D eigenvalue weighted by molar-refractivity contribution is -0.225. The summed E-state index contributed by atoms with van der Waals surface area (Å²) in [7, 11) is 0. The molecule has 0 aromatic heterocycles. The van der Waals surface area contributed by atoms with Crippen molar-refractivity contribution >= 4 is 5.78 Å². The van der Waals surface area contributed by atoms with Crippen LogP contribution in [-0.4, -0.2) is 18.0 Å². The number of carbonyl (C=O) groups excluding carboxylic acids is 1. The molecule has 1 saturated heterocycles. The van der Waals surface area contributed by atoms with Crippen molar-refractivity contribution in [2.24, 2.45) is 11.8 Å². The molecule has 2 nitrogen and oxygen atoms in total. The van der Waals surface area contributed by atoms with Gasteiger partial charge in [0.15, 0.2) is 0 Å². The Balaban J connectivity index is 1.87. The molecule has 3 atom stereocenters. The summed E-state index contributed by atoms with van der Waals surface area (Å²) >= 11 is 0. The SMILES string of the molecule is O=C1CCO[C@]23CCCC[C@H]2C[C@H]13. The van der Waals surface area contributed by atoms with Crippen LogP contribution in [0.5, 0.6) is 0 Å². The van der Waals surface area contributed by atoms with Gasteiger partial charge >= 0.3 is 0 Å². The predicted molar refractivity (Wildman–Crippen MR) is 48.4 cm³/mol. The van der Waals surface area contributed by atoms with Gasteiger partial charge in [0.2, 0.25) is 0 Å². The van der Waals surface area contributed by atoms with Crippen molar-refractivity contribution in [1.82, 2.24) is 0 Å². The van der Waals surface area contributed by atoms with Crippen LogP contribution in [0.15, 0.2) is 0 Å². The zero-order valence-corrected chi connectivity index (χ0v) is 7.92. The monoisotopic (exact) mass is 180 g/mol. The van der Waals surface area contributed by atoms with Crippen LogP contribution < -0.4 is 0 Å². The minimum atomic E-state index is 0.0353. The fourth-order valence-corrected chi connectivity index (χ4v) is 3.55. The van der Waals surface area contributed by atoms with Gasteiger partial charge < -0.3 is 4.74 Å². The molecule has 2 heteroatoms. The van der Waals surface area contributed by atoms with Gasteiger partial charge in [0.05, 0.1) is 12.2 Å². The third kappa shape index (κ3) is 0.899. The van der Waals surface area contributed by atoms with Crippen LogP contribution in [0, 0.1) is 11.8 Å². The lowest BCUT2D eigenvalue weighted by Crippen LogP contribution is -2.64. The summed E-state index contributed by atoms with van der Waals surface area (Å²) in [5.41, 5.74) is 0.0353. The molecule has 0 bridgehead atoms. The number of rotatable bonds is 0. The van der Waals surface area contributed by atoms with Gasteiger partial charge in [0.25, 0.3) is 0 Å². The Hall–Kier alpha value is -0.370. The van der Waals surface area contributed by atoms with E-state index in [4.69, 9.17) is 4.74 Å². The molecule has 0 unspecified atom stereocenters. The molecule has 0 N–H and O–H groups in total. The van der Waals surface area contributed by atoms with E-state index in [-0.39, 0.29) is 11.5 Å². The van der Waals surface area contributed by atoms with Crippen LogP contribution in [0.4, 0.5) is 0 Å². The molecule has 2 saturated carbocycles. The molecule has 1 aliphatic heterocycles. The van der Waals surface area contributed by atoms with Crippen molar-refractivity contribution in [3.05, 3.63) is 0 Å². The van der Waals surface area contributed by atoms with Gasteiger partial charge in [-0.2, -0.15) is 0 Å².